The highest BCUT2D eigenvalue weighted by Gasteiger charge is 2.26. The molecule has 1 saturated carbocycles. The highest BCUT2D eigenvalue weighted by atomic mass is 35.5. The van der Waals surface area contributed by atoms with Gasteiger partial charge in [-0.05, 0) is 37.0 Å². The molecule has 0 aliphatic heterocycles. The lowest BCUT2D eigenvalue weighted by molar-refractivity contribution is -0.125. The molecule has 9 heteroatoms. The molecule has 1 aliphatic carbocycles. The lowest BCUT2D eigenvalue weighted by Crippen LogP contribution is -2.42. The summed E-state index contributed by atoms with van der Waals surface area (Å²) in [4.78, 5) is 24.5. The molecular formula is C20H29ClN2O5S. The minimum Gasteiger partial charge on any atom is -0.452 e. The molecule has 1 N–H and O–H groups in total. The summed E-state index contributed by atoms with van der Waals surface area (Å²) < 4.78 is 31.7. The van der Waals surface area contributed by atoms with E-state index in [0.717, 1.165) is 25.7 Å². The van der Waals surface area contributed by atoms with Gasteiger partial charge in [0, 0.05) is 19.1 Å². The number of rotatable bonds is 8. The summed E-state index contributed by atoms with van der Waals surface area (Å²) in [6.07, 6.45) is 4.21. The molecule has 0 heterocycles. The van der Waals surface area contributed by atoms with Crippen molar-refractivity contribution in [3.05, 3.63) is 28.8 Å². The quantitative estimate of drug-likeness (QED) is 0.621. The van der Waals surface area contributed by atoms with E-state index in [2.05, 4.69) is 12.2 Å². The molecule has 162 valence electrons. The monoisotopic (exact) mass is 444 g/mol. The number of esters is 1. The zero-order valence-electron chi connectivity index (χ0n) is 17.1. The van der Waals surface area contributed by atoms with E-state index in [0.29, 0.717) is 19.0 Å². The molecule has 1 aromatic carbocycles. The van der Waals surface area contributed by atoms with Crippen molar-refractivity contribution < 1.29 is 22.7 Å². The number of nitrogens with zero attached hydrogens (tertiary/aromatic N) is 1. The van der Waals surface area contributed by atoms with Gasteiger partial charge < -0.3 is 10.1 Å². The topological polar surface area (TPSA) is 92.8 Å². The van der Waals surface area contributed by atoms with E-state index in [9.17, 15) is 18.0 Å². The Balaban J connectivity index is 2.06. The van der Waals surface area contributed by atoms with E-state index < -0.39 is 22.6 Å². The minimum absolute atomic E-state index is 0.0435. The standard InChI is InChI=1S/C20H29ClN2O5S/c1-4-23(5-2)29(26,27)15-10-11-17(21)16(12-15)20(25)28-13-19(24)22-18-9-7-6-8-14(18)3/h10-12,14,18H,4-9,13H2,1-3H3,(H,22,24)/t14-,18+/m1/s1. The van der Waals surface area contributed by atoms with Crippen molar-refractivity contribution in [1.29, 1.82) is 0 Å². The van der Waals surface area contributed by atoms with Crippen LogP contribution in [0.3, 0.4) is 0 Å². The molecule has 0 bridgehead atoms. The van der Waals surface area contributed by atoms with Crippen LogP contribution in [0.2, 0.25) is 5.02 Å². The van der Waals surface area contributed by atoms with Crippen molar-refractivity contribution >= 4 is 33.5 Å². The molecular weight excluding hydrogens is 416 g/mol. The fourth-order valence-corrected chi connectivity index (χ4v) is 5.20. The third kappa shape index (κ3) is 5.93. The van der Waals surface area contributed by atoms with Gasteiger partial charge in [-0.3, -0.25) is 4.79 Å². The van der Waals surface area contributed by atoms with E-state index in [1.807, 2.05) is 0 Å². The second-order valence-electron chi connectivity index (χ2n) is 7.24. The molecule has 2 rings (SSSR count). The van der Waals surface area contributed by atoms with Crippen LogP contribution in [0.25, 0.3) is 0 Å². The van der Waals surface area contributed by atoms with Gasteiger partial charge in [0.25, 0.3) is 5.91 Å². The summed E-state index contributed by atoms with van der Waals surface area (Å²) in [6, 6.07) is 3.97. The second kappa shape index (κ2) is 10.4. The largest absolute Gasteiger partial charge is 0.452 e. The highest BCUT2D eigenvalue weighted by molar-refractivity contribution is 7.89. The molecule has 0 radical (unpaired) electrons. The number of sulfonamides is 1. The first-order valence-electron chi connectivity index (χ1n) is 9.96. The number of carbonyl (C=O) groups is 2. The number of amides is 1. The number of benzene rings is 1. The third-order valence-corrected chi connectivity index (χ3v) is 7.67. The van der Waals surface area contributed by atoms with Crippen LogP contribution in [0.15, 0.2) is 23.1 Å². The number of nitrogens with one attached hydrogen (secondary N) is 1. The number of halogens is 1. The van der Waals surface area contributed by atoms with Crippen LogP contribution in [0, 0.1) is 5.92 Å². The van der Waals surface area contributed by atoms with Crippen LogP contribution in [-0.2, 0) is 19.6 Å². The summed E-state index contributed by atoms with van der Waals surface area (Å²) in [5.74, 6) is -0.821. The fourth-order valence-electron chi connectivity index (χ4n) is 3.52. The second-order valence-corrected chi connectivity index (χ2v) is 9.59. The molecule has 0 saturated heterocycles. The van der Waals surface area contributed by atoms with Crippen molar-refractivity contribution in [2.24, 2.45) is 5.92 Å². The Hall–Kier alpha value is -1.64. The average molecular weight is 445 g/mol. The summed E-state index contributed by atoms with van der Waals surface area (Å²) >= 11 is 6.07. The Morgan fingerprint density at radius 3 is 2.48 bits per heavy atom. The van der Waals surface area contributed by atoms with Crippen LogP contribution in [0.4, 0.5) is 0 Å². The molecule has 1 amide bonds. The zero-order valence-corrected chi connectivity index (χ0v) is 18.7. The van der Waals surface area contributed by atoms with Gasteiger partial charge >= 0.3 is 5.97 Å². The molecule has 1 aromatic rings. The number of hydrogen-bond acceptors (Lipinski definition) is 5. The van der Waals surface area contributed by atoms with Crippen molar-refractivity contribution in [2.75, 3.05) is 19.7 Å². The Kier molecular flexibility index (Phi) is 8.48. The first kappa shape index (κ1) is 23.6. The number of ether oxygens (including phenoxy) is 1. The lowest BCUT2D eigenvalue weighted by atomic mass is 9.86. The van der Waals surface area contributed by atoms with Gasteiger partial charge in [0.1, 0.15) is 0 Å². The molecule has 2 atom stereocenters. The summed E-state index contributed by atoms with van der Waals surface area (Å²) in [7, 11) is -3.74. The molecule has 0 spiro atoms. The van der Waals surface area contributed by atoms with Crippen LogP contribution in [0.1, 0.15) is 56.8 Å². The maximum Gasteiger partial charge on any atom is 0.340 e. The van der Waals surface area contributed by atoms with E-state index in [1.165, 1.54) is 22.5 Å². The van der Waals surface area contributed by atoms with E-state index >= 15 is 0 Å². The van der Waals surface area contributed by atoms with Crippen LogP contribution in [-0.4, -0.2) is 50.3 Å². The normalized spacial score (nSPS) is 19.8. The van der Waals surface area contributed by atoms with Crippen LogP contribution < -0.4 is 5.32 Å². The molecule has 1 fully saturated rings. The van der Waals surface area contributed by atoms with Crippen molar-refractivity contribution in [3.63, 3.8) is 0 Å². The zero-order chi connectivity index (χ0) is 21.6. The van der Waals surface area contributed by atoms with Crippen LogP contribution in [0.5, 0.6) is 0 Å². The first-order chi connectivity index (χ1) is 13.7. The summed E-state index contributed by atoms with van der Waals surface area (Å²) in [5.41, 5.74) is -0.0845. The average Bonchev–Trinajstić information content (AvgIpc) is 2.69. The summed E-state index contributed by atoms with van der Waals surface area (Å²) in [5, 5.41) is 2.97. The minimum atomic E-state index is -3.74. The molecule has 0 unspecified atom stereocenters. The van der Waals surface area contributed by atoms with E-state index in [1.54, 1.807) is 13.8 Å². The van der Waals surface area contributed by atoms with Gasteiger partial charge in [0.15, 0.2) is 6.61 Å². The van der Waals surface area contributed by atoms with Crippen molar-refractivity contribution in [1.82, 2.24) is 9.62 Å². The number of carbonyl (C=O) groups excluding carboxylic acids is 2. The molecule has 0 aromatic heterocycles. The van der Waals surface area contributed by atoms with Gasteiger partial charge in [0.2, 0.25) is 10.0 Å². The van der Waals surface area contributed by atoms with Crippen molar-refractivity contribution in [3.8, 4) is 0 Å². The maximum absolute atomic E-state index is 12.7. The Labute approximate surface area is 177 Å². The SMILES string of the molecule is CCN(CC)S(=O)(=O)c1ccc(Cl)c(C(=O)OCC(=O)N[C@H]2CCCC[C@H]2C)c1. The predicted octanol–water partition coefficient (Wildman–Crippen LogP) is 3.22. The Morgan fingerprint density at radius 2 is 1.86 bits per heavy atom. The lowest BCUT2D eigenvalue weighted by Gasteiger charge is -2.29. The first-order valence-corrected chi connectivity index (χ1v) is 11.8. The van der Waals surface area contributed by atoms with E-state index in [4.69, 9.17) is 16.3 Å². The fraction of sp³-hybridized carbons (Fsp3) is 0.600. The van der Waals surface area contributed by atoms with Crippen molar-refractivity contribution in [2.45, 2.75) is 57.4 Å². The van der Waals surface area contributed by atoms with Gasteiger partial charge in [-0.2, -0.15) is 4.31 Å². The molecule has 1 aliphatic rings. The van der Waals surface area contributed by atoms with Crippen LogP contribution >= 0.6 is 11.6 Å². The van der Waals surface area contributed by atoms with E-state index in [-0.39, 0.29) is 27.4 Å². The third-order valence-electron chi connectivity index (χ3n) is 5.29. The Morgan fingerprint density at radius 1 is 1.21 bits per heavy atom. The molecule has 29 heavy (non-hydrogen) atoms. The maximum atomic E-state index is 12.7. The van der Waals surface area contributed by atoms with Gasteiger partial charge in [-0.15, -0.1) is 0 Å². The number of hydrogen-bond donors (Lipinski definition) is 1. The predicted molar refractivity (Wildman–Crippen MR) is 111 cm³/mol. The van der Waals surface area contributed by atoms with Gasteiger partial charge in [0.05, 0.1) is 15.5 Å². The van der Waals surface area contributed by atoms with Gasteiger partial charge in [-0.25, -0.2) is 13.2 Å². The van der Waals surface area contributed by atoms with Gasteiger partial charge in [-0.1, -0.05) is 45.2 Å². The smallest absolute Gasteiger partial charge is 0.340 e. The highest BCUT2D eigenvalue weighted by Crippen LogP contribution is 2.25. The summed E-state index contributed by atoms with van der Waals surface area (Å²) in [6.45, 7) is 5.74. The molecule has 7 nitrogen and oxygen atoms in total. The Bertz CT molecular complexity index is 839.